The predicted molar refractivity (Wildman–Crippen MR) is 121 cm³/mol. The van der Waals surface area contributed by atoms with E-state index in [2.05, 4.69) is 0 Å². The molecule has 3 rings (SSSR count). The number of nitrogens with zero attached hydrogens (tertiary/aromatic N) is 2. The number of ether oxygens (including phenoxy) is 3. The maximum absolute atomic E-state index is 13.4. The van der Waals surface area contributed by atoms with Crippen LogP contribution in [0.5, 0.6) is 11.5 Å². The van der Waals surface area contributed by atoms with Crippen LogP contribution in [0.25, 0.3) is 0 Å². The van der Waals surface area contributed by atoms with Gasteiger partial charge in [0.2, 0.25) is 0 Å². The Hall–Kier alpha value is -3.46. The van der Waals surface area contributed by atoms with Gasteiger partial charge in [-0.25, -0.2) is 0 Å². The number of carbonyl (C=O) groups excluding carboxylic acids is 1. The fraction of sp³-hybridized carbons (Fsp3) is 0.320. The zero-order valence-electron chi connectivity index (χ0n) is 19.3. The highest BCUT2D eigenvalue weighted by Gasteiger charge is 2.30. The van der Waals surface area contributed by atoms with Crippen LogP contribution in [0, 0.1) is 0 Å². The molecule has 3 aromatic rings. The highest BCUT2D eigenvalue weighted by molar-refractivity contribution is 5.95. The molecule has 0 unspecified atom stereocenters. The molecular weight excluding hydrogens is 449 g/mol. The van der Waals surface area contributed by atoms with E-state index in [9.17, 15) is 18.0 Å². The molecule has 9 heteroatoms. The third-order valence-electron chi connectivity index (χ3n) is 5.33. The largest absolute Gasteiger partial charge is 0.497 e. The van der Waals surface area contributed by atoms with Crippen molar-refractivity contribution in [3.05, 3.63) is 83.2 Å². The van der Waals surface area contributed by atoms with Crippen LogP contribution in [-0.4, -0.2) is 49.9 Å². The summed E-state index contributed by atoms with van der Waals surface area (Å²) < 4.78 is 56.8. The van der Waals surface area contributed by atoms with Gasteiger partial charge < -0.3 is 23.7 Å². The van der Waals surface area contributed by atoms with E-state index in [0.717, 1.165) is 17.8 Å². The molecule has 0 atom stereocenters. The van der Waals surface area contributed by atoms with Crippen molar-refractivity contribution in [3.8, 4) is 11.5 Å². The molecule has 34 heavy (non-hydrogen) atoms. The van der Waals surface area contributed by atoms with E-state index in [1.807, 2.05) is 10.6 Å². The normalized spacial score (nSPS) is 11.4. The number of hydrogen-bond acceptors (Lipinski definition) is 4. The van der Waals surface area contributed by atoms with Crippen LogP contribution in [-0.2, 0) is 24.0 Å². The molecule has 182 valence electrons. The lowest BCUT2D eigenvalue weighted by Crippen LogP contribution is -2.34. The van der Waals surface area contributed by atoms with Gasteiger partial charge in [0.25, 0.3) is 5.91 Å². The molecule has 0 aliphatic carbocycles. The number of aromatic nitrogens is 1. The van der Waals surface area contributed by atoms with Crippen LogP contribution >= 0.6 is 0 Å². The first-order valence-electron chi connectivity index (χ1n) is 10.6. The molecule has 1 amide bonds. The molecule has 0 bridgehead atoms. The summed E-state index contributed by atoms with van der Waals surface area (Å²) in [6.45, 7) is 1.13. The molecule has 1 aromatic heterocycles. The molecule has 0 saturated carbocycles. The van der Waals surface area contributed by atoms with Crippen molar-refractivity contribution in [1.29, 1.82) is 0 Å². The highest BCUT2D eigenvalue weighted by Crippen LogP contribution is 2.30. The Balaban J connectivity index is 1.85. The van der Waals surface area contributed by atoms with E-state index in [-0.39, 0.29) is 19.0 Å². The Morgan fingerprint density at radius 1 is 0.971 bits per heavy atom. The average Bonchev–Trinajstić information content (AvgIpc) is 3.26. The minimum Gasteiger partial charge on any atom is -0.497 e. The summed E-state index contributed by atoms with van der Waals surface area (Å²) in [7, 11) is 4.56. The summed E-state index contributed by atoms with van der Waals surface area (Å²) in [5.41, 5.74) is 0.988. The second-order valence-corrected chi connectivity index (χ2v) is 7.65. The lowest BCUT2D eigenvalue weighted by atomic mass is 10.1. The second kappa shape index (κ2) is 11.1. The van der Waals surface area contributed by atoms with Crippen molar-refractivity contribution in [2.45, 2.75) is 19.3 Å². The zero-order valence-corrected chi connectivity index (χ0v) is 19.3. The number of rotatable bonds is 10. The molecule has 1 heterocycles. The Morgan fingerprint density at radius 3 is 2.29 bits per heavy atom. The number of benzene rings is 2. The number of carbonyl (C=O) groups is 1. The minimum atomic E-state index is -4.41. The Labute approximate surface area is 196 Å². The maximum Gasteiger partial charge on any atom is 0.416 e. The van der Waals surface area contributed by atoms with Gasteiger partial charge in [-0.1, -0.05) is 12.1 Å². The Kier molecular flexibility index (Phi) is 8.22. The maximum atomic E-state index is 13.4. The van der Waals surface area contributed by atoms with Crippen molar-refractivity contribution in [2.75, 3.05) is 34.5 Å². The van der Waals surface area contributed by atoms with Gasteiger partial charge in [0.15, 0.2) is 0 Å². The third kappa shape index (κ3) is 6.32. The number of methoxy groups -OCH3 is 3. The molecule has 2 aromatic carbocycles. The van der Waals surface area contributed by atoms with Crippen molar-refractivity contribution in [3.63, 3.8) is 0 Å². The van der Waals surface area contributed by atoms with Gasteiger partial charge in [0.1, 0.15) is 11.5 Å². The Morgan fingerprint density at radius 2 is 1.68 bits per heavy atom. The van der Waals surface area contributed by atoms with Gasteiger partial charge in [0.05, 0.1) is 32.9 Å². The summed E-state index contributed by atoms with van der Waals surface area (Å²) in [4.78, 5) is 15.0. The van der Waals surface area contributed by atoms with Crippen molar-refractivity contribution in [2.24, 2.45) is 0 Å². The van der Waals surface area contributed by atoms with E-state index < -0.39 is 11.7 Å². The van der Waals surface area contributed by atoms with Gasteiger partial charge >= 0.3 is 6.18 Å². The zero-order chi connectivity index (χ0) is 24.7. The first kappa shape index (κ1) is 25.2. The van der Waals surface area contributed by atoms with Gasteiger partial charge in [-0.3, -0.25) is 4.79 Å². The first-order valence-corrected chi connectivity index (χ1v) is 10.6. The second-order valence-electron chi connectivity index (χ2n) is 7.65. The lowest BCUT2D eigenvalue weighted by Gasteiger charge is -2.24. The van der Waals surface area contributed by atoms with E-state index in [4.69, 9.17) is 14.2 Å². The van der Waals surface area contributed by atoms with Gasteiger partial charge in [-0.2, -0.15) is 13.2 Å². The van der Waals surface area contributed by atoms with Gasteiger partial charge in [-0.05, 0) is 42.0 Å². The van der Waals surface area contributed by atoms with Crippen LogP contribution in [0.4, 0.5) is 13.2 Å². The standard InChI is InChI=1S/C25H27F3N2O4/c1-32-11-10-30(24(31)19-13-22(33-2)15-23(14-19)34-3)17-21-8-5-9-29(21)16-18-6-4-7-20(12-18)25(26,27)28/h4-9,12-15H,10-11,16-17H2,1-3H3. The topological polar surface area (TPSA) is 52.9 Å². The van der Waals surface area contributed by atoms with E-state index in [1.54, 1.807) is 48.5 Å². The molecule has 6 nitrogen and oxygen atoms in total. The number of hydrogen-bond donors (Lipinski definition) is 0. The third-order valence-corrected chi connectivity index (χ3v) is 5.33. The SMILES string of the molecule is COCCN(Cc1cccn1Cc1cccc(C(F)(F)F)c1)C(=O)c1cc(OC)cc(OC)c1. The van der Waals surface area contributed by atoms with Crippen molar-refractivity contribution in [1.82, 2.24) is 9.47 Å². The number of halogens is 3. The molecule has 0 aliphatic rings. The van der Waals surface area contributed by atoms with E-state index in [1.165, 1.54) is 20.3 Å². The monoisotopic (exact) mass is 476 g/mol. The number of amides is 1. The fourth-order valence-corrected chi connectivity index (χ4v) is 3.55. The number of alkyl halides is 3. The summed E-state index contributed by atoms with van der Waals surface area (Å²) in [6, 6.07) is 13.8. The molecule has 0 spiro atoms. The average molecular weight is 476 g/mol. The van der Waals surface area contributed by atoms with Crippen LogP contribution in [0.1, 0.15) is 27.2 Å². The Bertz CT molecular complexity index is 1090. The lowest BCUT2D eigenvalue weighted by molar-refractivity contribution is -0.137. The van der Waals surface area contributed by atoms with Crippen LogP contribution < -0.4 is 9.47 Å². The summed E-state index contributed by atoms with van der Waals surface area (Å²) >= 11 is 0. The van der Waals surface area contributed by atoms with Gasteiger partial charge in [-0.15, -0.1) is 0 Å². The fourth-order valence-electron chi connectivity index (χ4n) is 3.55. The summed E-state index contributed by atoms with van der Waals surface area (Å²) in [6.07, 6.45) is -2.63. The smallest absolute Gasteiger partial charge is 0.416 e. The summed E-state index contributed by atoms with van der Waals surface area (Å²) in [5, 5.41) is 0. The van der Waals surface area contributed by atoms with Crippen LogP contribution in [0.15, 0.2) is 60.8 Å². The van der Waals surface area contributed by atoms with Crippen molar-refractivity contribution >= 4 is 5.91 Å². The summed E-state index contributed by atoms with van der Waals surface area (Å²) in [5.74, 6) is 0.727. The highest BCUT2D eigenvalue weighted by atomic mass is 19.4. The van der Waals surface area contributed by atoms with Gasteiger partial charge in [0, 0.05) is 43.7 Å². The molecular formula is C25H27F3N2O4. The molecule has 0 N–H and O–H groups in total. The minimum absolute atomic E-state index is 0.242. The van der Waals surface area contributed by atoms with Crippen LogP contribution in [0.3, 0.4) is 0 Å². The quantitative estimate of drug-likeness (QED) is 0.419. The van der Waals surface area contributed by atoms with E-state index in [0.29, 0.717) is 35.8 Å². The first-order chi connectivity index (χ1) is 16.2. The molecule has 0 saturated heterocycles. The molecule has 0 radical (unpaired) electrons. The molecule has 0 fully saturated rings. The molecule has 0 aliphatic heterocycles. The van der Waals surface area contributed by atoms with Crippen molar-refractivity contribution < 1.29 is 32.2 Å². The predicted octanol–water partition coefficient (Wildman–Crippen LogP) is 4.86. The van der Waals surface area contributed by atoms with Crippen LogP contribution in [0.2, 0.25) is 0 Å². The van der Waals surface area contributed by atoms with E-state index >= 15 is 0 Å².